The number of carbonyl (C=O) groups excluding carboxylic acids is 2. The molecule has 2 saturated heterocycles. The van der Waals surface area contributed by atoms with Crippen LogP contribution in [0.25, 0.3) is 0 Å². The van der Waals surface area contributed by atoms with Crippen LogP contribution in [-0.2, 0) is 19.6 Å². The van der Waals surface area contributed by atoms with E-state index in [1.54, 1.807) is 6.07 Å². The number of ether oxygens (including phenoxy) is 2. The van der Waals surface area contributed by atoms with Crippen LogP contribution in [0, 0.1) is 11.8 Å². The van der Waals surface area contributed by atoms with Crippen LogP contribution in [0.3, 0.4) is 0 Å². The second-order valence-corrected chi connectivity index (χ2v) is 11.2. The Bertz CT molecular complexity index is 980. The van der Waals surface area contributed by atoms with Crippen molar-refractivity contribution in [2.24, 2.45) is 11.8 Å². The number of hydrogen-bond donors (Lipinski definition) is 1. The fraction of sp³-hybridized carbons (Fsp3) is 0.652. The normalized spacial score (nSPS) is 20.6. The molecule has 3 aliphatic rings. The number of amides is 2. The zero-order chi connectivity index (χ0) is 23.6. The molecule has 0 aromatic heterocycles. The van der Waals surface area contributed by atoms with Crippen LogP contribution in [0.4, 0.5) is 0 Å². The second kappa shape index (κ2) is 9.89. The molecule has 0 spiro atoms. The fourth-order valence-electron chi connectivity index (χ4n) is 4.62. The number of nitrogens with one attached hydrogen (secondary N) is 1. The molecular formula is C23H33N3O6S. The number of nitrogens with zero attached hydrogens (tertiary/aromatic N) is 2. The van der Waals surface area contributed by atoms with Gasteiger partial charge in [-0.2, -0.15) is 4.31 Å². The topological polar surface area (TPSA) is 105 Å². The van der Waals surface area contributed by atoms with Gasteiger partial charge in [0.25, 0.3) is 0 Å². The minimum Gasteiger partial charge on any atom is -0.486 e. The number of carbonyl (C=O) groups is 2. The van der Waals surface area contributed by atoms with Crippen molar-refractivity contribution in [2.45, 2.75) is 50.5 Å². The van der Waals surface area contributed by atoms with E-state index in [2.05, 4.69) is 5.32 Å². The maximum Gasteiger partial charge on any atom is 0.243 e. The van der Waals surface area contributed by atoms with E-state index in [1.165, 1.54) is 16.4 Å². The Kier molecular flexibility index (Phi) is 7.13. The van der Waals surface area contributed by atoms with Crippen molar-refractivity contribution in [3.63, 3.8) is 0 Å². The molecular weight excluding hydrogens is 446 g/mol. The van der Waals surface area contributed by atoms with Gasteiger partial charge in [-0.1, -0.05) is 13.8 Å². The Morgan fingerprint density at radius 3 is 2.24 bits per heavy atom. The number of rotatable bonds is 5. The third-order valence-corrected chi connectivity index (χ3v) is 8.52. The van der Waals surface area contributed by atoms with Gasteiger partial charge in [-0.25, -0.2) is 8.42 Å². The van der Waals surface area contributed by atoms with Gasteiger partial charge in [0.2, 0.25) is 21.8 Å². The van der Waals surface area contributed by atoms with Crippen molar-refractivity contribution in [3.8, 4) is 11.5 Å². The monoisotopic (exact) mass is 479 g/mol. The Morgan fingerprint density at radius 1 is 0.970 bits per heavy atom. The van der Waals surface area contributed by atoms with Crippen molar-refractivity contribution in [3.05, 3.63) is 18.2 Å². The molecule has 3 aliphatic heterocycles. The van der Waals surface area contributed by atoms with Gasteiger partial charge < -0.3 is 19.7 Å². The first kappa shape index (κ1) is 23.8. The number of sulfonamides is 1. The lowest BCUT2D eigenvalue weighted by molar-refractivity contribution is -0.135. The summed E-state index contributed by atoms with van der Waals surface area (Å²) in [5.41, 5.74) is 0. The number of likely N-dealkylation sites (tertiary alicyclic amines) is 1. The summed E-state index contributed by atoms with van der Waals surface area (Å²) in [7, 11) is -3.66. The molecule has 4 rings (SSSR count). The molecule has 2 amide bonds. The summed E-state index contributed by atoms with van der Waals surface area (Å²) in [5, 5.41) is 3.12. The fourth-order valence-corrected chi connectivity index (χ4v) is 6.11. The third-order valence-electron chi connectivity index (χ3n) is 6.62. The van der Waals surface area contributed by atoms with Crippen LogP contribution < -0.4 is 14.8 Å². The summed E-state index contributed by atoms with van der Waals surface area (Å²) < 4.78 is 38.6. The van der Waals surface area contributed by atoms with E-state index in [-0.39, 0.29) is 34.6 Å². The first-order chi connectivity index (χ1) is 15.8. The Balaban J connectivity index is 1.28. The van der Waals surface area contributed by atoms with E-state index >= 15 is 0 Å². The number of piperidine rings is 2. The Hall–Kier alpha value is -2.33. The summed E-state index contributed by atoms with van der Waals surface area (Å²) >= 11 is 0. The molecule has 33 heavy (non-hydrogen) atoms. The molecule has 0 radical (unpaired) electrons. The first-order valence-corrected chi connectivity index (χ1v) is 13.2. The SMILES string of the molecule is CC(C)C(=O)N1CCC(NC(=O)C2CCN(S(=O)(=O)c3ccc4c(c3)OCCO4)CC2)CC1. The molecule has 1 aromatic carbocycles. The highest BCUT2D eigenvalue weighted by Crippen LogP contribution is 2.34. The average Bonchev–Trinajstić information content (AvgIpc) is 2.83. The van der Waals surface area contributed by atoms with Gasteiger partial charge in [0.1, 0.15) is 13.2 Å². The van der Waals surface area contributed by atoms with Crippen molar-refractivity contribution < 1.29 is 27.5 Å². The minimum absolute atomic E-state index is 0.0139. The van der Waals surface area contributed by atoms with E-state index in [9.17, 15) is 18.0 Å². The molecule has 182 valence electrons. The molecule has 0 bridgehead atoms. The smallest absolute Gasteiger partial charge is 0.243 e. The van der Waals surface area contributed by atoms with Crippen molar-refractivity contribution >= 4 is 21.8 Å². The zero-order valence-corrected chi connectivity index (χ0v) is 20.1. The van der Waals surface area contributed by atoms with Gasteiger partial charge in [0, 0.05) is 50.1 Å². The van der Waals surface area contributed by atoms with Gasteiger partial charge in [-0.05, 0) is 37.8 Å². The van der Waals surface area contributed by atoms with Crippen molar-refractivity contribution in [2.75, 3.05) is 39.4 Å². The highest BCUT2D eigenvalue weighted by molar-refractivity contribution is 7.89. The van der Waals surface area contributed by atoms with Crippen LogP contribution in [0.5, 0.6) is 11.5 Å². The van der Waals surface area contributed by atoms with Crippen LogP contribution >= 0.6 is 0 Å². The predicted octanol–water partition coefficient (Wildman–Crippen LogP) is 1.62. The number of hydrogen-bond acceptors (Lipinski definition) is 6. The molecule has 1 N–H and O–H groups in total. The van der Waals surface area contributed by atoms with Crippen molar-refractivity contribution in [1.29, 1.82) is 0 Å². The standard InChI is InChI=1S/C23H33N3O6S/c1-16(2)23(28)25-9-7-18(8-10-25)24-22(27)17-5-11-26(12-6-17)33(29,30)19-3-4-20-21(15-19)32-14-13-31-20/h3-4,15-18H,5-14H2,1-2H3,(H,24,27). The van der Waals surface area contributed by atoms with Gasteiger partial charge >= 0.3 is 0 Å². The van der Waals surface area contributed by atoms with Crippen LogP contribution in [0.15, 0.2) is 23.1 Å². The summed E-state index contributed by atoms with van der Waals surface area (Å²) in [6, 6.07) is 4.74. The highest BCUT2D eigenvalue weighted by atomic mass is 32.2. The largest absolute Gasteiger partial charge is 0.486 e. The summed E-state index contributed by atoms with van der Waals surface area (Å²) in [6.07, 6.45) is 2.48. The van der Waals surface area contributed by atoms with Crippen LogP contribution in [0.2, 0.25) is 0 Å². The molecule has 0 unspecified atom stereocenters. The molecule has 0 saturated carbocycles. The molecule has 9 nitrogen and oxygen atoms in total. The molecule has 0 aliphatic carbocycles. The van der Waals surface area contributed by atoms with E-state index in [0.717, 1.165) is 12.8 Å². The lowest BCUT2D eigenvalue weighted by atomic mass is 9.95. The van der Waals surface area contributed by atoms with Crippen molar-refractivity contribution in [1.82, 2.24) is 14.5 Å². The summed E-state index contributed by atoms with van der Waals surface area (Å²) in [5.74, 6) is 0.922. The average molecular weight is 480 g/mol. The van der Waals surface area contributed by atoms with Gasteiger partial charge in [0.15, 0.2) is 11.5 Å². The second-order valence-electron chi connectivity index (χ2n) is 9.25. The highest BCUT2D eigenvalue weighted by Gasteiger charge is 2.34. The Morgan fingerprint density at radius 2 is 1.61 bits per heavy atom. The maximum absolute atomic E-state index is 13.1. The lowest BCUT2D eigenvalue weighted by Gasteiger charge is -2.35. The molecule has 0 atom stereocenters. The lowest BCUT2D eigenvalue weighted by Crippen LogP contribution is -2.50. The van der Waals surface area contributed by atoms with Crippen LogP contribution in [-0.4, -0.2) is 74.9 Å². The van der Waals surface area contributed by atoms with E-state index in [1.807, 2.05) is 18.7 Å². The quantitative estimate of drug-likeness (QED) is 0.688. The zero-order valence-electron chi connectivity index (χ0n) is 19.3. The van der Waals surface area contributed by atoms with E-state index < -0.39 is 10.0 Å². The molecule has 3 heterocycles. The number of fused-ring (bicyclic) bond motifs is 1. The summed E-state index contributed by atoms with van der Waals surface area (Å²) in [4.78, 5) is 27.0. The third kappa shape index (κ3) is 5.27. The van der Waals surface area contributed by atoms with Gasteiger partial charge in [0.05, 0.1) is 4.90 Å². The maximum atomic E-state index is 13.1. The summed E-state index contributed by atoms with van der Waals surface area (Å²) in [6.45, 7) is 6.57. The molecule has 2 fully saturated rings. The first-order valence-electron chi connectivity index (χ1n) is 11.7. The van der Waals surface area contributed by atoms with E-state index in [4.69, 9.17) is 9.47 Å². The number of benzene rings is 1. The molecule has 10 heteroatoms. The molecule has 1 aromatic rings. The van der Waals surface area contributed by atoms with Gasteiger partial charge in [-0.15, -0.1) is 0 Å². The van der Waals surface area contributed by atoms with E-state index in [0.29, 0.717) is 63.7 Å². The van der Waals surface area contributed by atoms with Gasteiger partial charge in [-0.3, -0.25) is 9.59 Å². The van der Waals surface area contributed by atoms with Crippen LogP contribution in [0.1, 0.15) is 39.5 Å². The Labute approximate surface area is 195 Å². The predicted molar refractivity (Wildman–Crippen MR) is 121 cm³/mol. The minimum atomic E-state index is -3.66.